The lowest BCUT2D eigenvalue weighted by atomic mass is 9.99. The van der Waals surface area contributed by atoms with E-state index in [4.69, 9.17) is 14.2 Å². The minimum atomic E-state index is -1.62. The van der Waals surface area contributed by atoms with Crippen molar-refractivity contribution in [2.24, 2.45) is 0 Å². The van der Waals surface area contributed by atoms with Crippen LogP contribution in [-0.4, -0.2) is 85.6 Å². The van der Waals surface area contributed by atoms with Gasteiger partial charge in [0, 0.05) is 6.08 Å². The number of phenols is 4. The van der Waals surface area contributed by atoms with Crippen LogP contribution in [0.1, 0.15) is 11.1 Å². The van der Waals surface area contributed by atoms with Crippen LogP contribution < -0.4 is 0 Å². The van der Waals surface area contributed by atoms with Gasteiger partial charge in [-0.15, -0.1) is 0 Å². The van der Waals surface area contributed by atoms with Crippen molar-refractivity contribution in [2.75, 3.05) is 13.2 Å². The zero-order valence-corrected chi connectivity index (χ0v) is 17.9. The predicted molar refractivity (Wildman–Crippen MR) is 116 cm³/mol. The molecule has 0 aliphatic carbocycles. The molecule has 0 unspecified atom stereocenters. The minimum absolute atomic E-state index is 0.0173. The Bertz CT molecular complexity index is 1020. The van der Waals surface area contributed by atoms with Crippen LogP contribution in [0.2, 0.25) is 0 Å². The third-order valence-corrected chi connectivity index (χ3v) is 5.18. The van der Waals surface area contributed by atoms with Crippen LogP contribution in [0.15, 0.2) is 42.5 Å². The van der Waals surface area contributed by atoms with Crippen molar-refractivity contribution < 1.29 is 54.8 Å². The van der Waals surface area contributed by atoms with Crippen molar-refractivity contribution in [3.8, 4) is 23.0 Å². The summed E-state index contributed by atoms with van der Waals surface area (Å²) >= 11 is 0. The van der Waals surface area contributed by atoms with Gasteiger partial charge in [-0.3, -0.25) is 0 Å². The van der Waals surface area contributed by atoms with Gasteiger partial charge in [0.2, 0.25) is 0 Å². The zero-order valence-electron chi connectivity index (χ0n) is 17.9. The molecule has 1 fully saturated rings. The molecule has 1 aliphatic heterocycles. The van der Waals surface area contributed by atoms with Crippen LogP contribution in [0.25, 0.3) is 6.08 Å². The van der Waals surface area contributed by atoms with Gasteiger partial charge in [0.15, 0.2) is 29.3 Å². The monoisotopic (exact) mass is 478 g/mol. The lowest BCUT2D eigenvalue weighted by Crippen LogP contribution is -2.59. The third kappa shape index (κ3) is 6.37. The van der Waals surface area contributed by atoms with Crippen LogP contribution in [0.3, 0.4) is 0 Å². The molecule has 1 aliphatic rings. The molecular formula is C23H26O11. The highest BCUT2D eigenvalue weighted by atomic mass is 16.7. The number of hydrogen-bond acceptors (Lipinski definition) is 11. The smallest absolute Gasteiger partial charge is 0.330 e. The van der Waals surface area contributed by atoms with E-state index >= 15 is 0 Å². The summed E-state index contributed by atoms with van der Waals surface area (Å²) in [5.74, 6) is -2.00. The van der Waals surface area contributed by atoms with Gasteiger partial charge in [-0.25, -0.2) is 4.79 Å². The highest BCUT2D eigenvalue weighted by Crippen LogP contribution is 2.27. The Kier molecular flexibility index (Phi) is 8.31. The largest absolute Gasteiger partial charge is 0.504 e. The molecule has 0 aromatic heterocycles. The quantitative estimate of drug-likeness (QED) is 0.155. The topological polar surface area (TPSA) is 186 Å². The number of ether oxygens (including phenoxy) is 3. The predicted octanol–water partition coefficient (Wildman–Crippen LogP) is 0.132. The molecular weight excluding hydrogens is 452 g/mol. The molecule has 184 valence electrons. The van der Waals surface area contributed by atoms with Gasteiger partial charge in [0.1, 0.15) is 31.0 Å². The Morgan fingerprint density at radius 1 is 0.882 bits per heavy atom. The van der Waals surface area contributed by atoms with Crippen LogP contribution in [0, 0.1) is 0 Å². The number of benzene rings is 2. The van der Waals surface area contributed by atoms with Gasteiger partial charge in [-0.05, 0) is 47.9 Å². The van der Waals surface area contributed by atoms with Gasteiger partial charge in [0.05, 0.1) is 6.61 Å². The molecule has 11 heteroatoms. The zero-order chi connectivity index (χ0) is 24.8. The number of aliphatic hydroxyl groups is 3. The number of carbonyl (C=O) groups excluding carboxylic acids is 1. The Balaban J connectivity index is 1.52. The molecule has 3 rings (SSSR count). The van der Waals surface area contributed by atoms with Crippen molar-refractivity contribution >= 4 is 12.0 Å². The van der Waals surface area contributed by atoms with Crippen LogP contribution in [0.5, 0.6) is 23.0 Å². The van der Waals surface area contributed by atoms with Gasteiger partial charge < -0.3 is 50.0 Å². The summed E-state index contributed by atoms with van der Waals surface area (Å²) in [6.45, 7) is -0.426. The highest BCUT2D eigenvalue weighted by Gasteiger charge is 2.44. The Hall–Kier alpha value is -3.35. The lowest BCUT2D eigenvalue weighted by molar-refractivity contribution is -0.301. The summed E-state index contributed by atoms with van der Waals surface area (Å²) in [6, 6.07) is 8.21. The molecule has 34 heavy (non-hydrogen) atoms. The van der Waals surface area contributed by atoms with E-state index in [1.54, 1.807) is 6.07 Å². The Morgan fingerprint density at radius 3 is 2.24 bits per heavy atom. The van der Waals surface area contributed by atoms with Crippen molar-refractivity contribution in [1.29, 1.82) is 0 Å². The Labute approximate surface area is 194 Å². The van der Waals surface area contributed by atoms with E-state index in [-0.39, 0.29) is 36.0 Å². The standard InChI is InChI=1S/C23H26O11/c24-14-4-1-12(9-16(14)26)3-6-19(28)33-11-18-20(29)21(30)22(31)23(34-18)32-8-7-13-2-5-15(25)17(27)10-13/h1-6,9-10,18,20-27,29-31H,7-8,11H2/b6-3+/t18-,20+,21+,22-,23+/m0/s1. The van der Waals surface area contributed by atoms with Gasteiger partial charge in [-0.2, -0.15) is 0 Å². The summed E-state index contributed by atoms with van der Waals surface area (Å²) < 4.78 is 16.0. The number of carbonyl (C=O) groups is 1. The van der Waals surface area contributed by atoms with Crippen LogP contribution in [-0.2, 0) is 25.4 Å². The molecule has 5 atom stereocenters. The molecule has 0 saturated carbocycles. The first-order valence-corrected chi connectivity index (χ1v) is 10.3. The van der Waals surface area contributed by atoms with Crippen LogP contribution in [0.4, 0.5) is 0 Å². The van der Waals surface area contributed by atoms with Crippen LogP contribution >= 0.6 is 0 Å². The van der Waals surface area contributed by atoms with E-state index < -0.39 is 43.3 Å². The molecule has 1 saturated heterocycles. The summed E-state index contributed by atoms with van der Waals surface area (Å²) in [6.07, 6.45) is -4.53. The fourth-order valence-electron chi connectivity index (χ4n) is 3.23. The number of hydrogen-bond donors (Lipinski definition) is 7. The second-order valence-corrected chi connectivity index (χ2v) is 7.67. The van der Waals surface area contributed by atoms with E-state index in [0.29, 0.717) is 11.1 Å². The summed E-state index contributed by atoms with van der Waals surface area (Å²) in [4.78, 5) is 12.0. The highest BCUT2D eigenvalue weighted by molar-refractivity contribution is 5.87. The first-order chi connectivity index (χ1) is 16.2. The average Bonchev–Trinajstić information content (AvgIpc) is 2.81. The van der Waals surface area contributed by atoms with E-state index in [1.807, 2.05) is 0 Å². The average molecular weight is 478 g/mol. The summed E-state index contributed by atoms with van der Waals surface area (Å²) in [7, 11) is 0. The number of aliphatic hydroxyl groups excluding tert-OH is 3. The van der Waals surface area contributed by atoms with Crippen molar-refractivity contribution in [3.63, 3.8) is 0 Å². The molecule has 0 spiro atoms. The fraction of sp³-hybridized carbons (Fsp3) is 0.348. The second kappa shape index (κ2) is 11.2. The molecule has 1 heterocycles. The number of phenolic OH excluding ortho intramolecular Hbond substituents is 4. The molecule has 2 aromatic rings. The maximum absolute atomic E-state index is 12.0. The minimum Gasteiger partial charge on any atom is -0.504 e. The molecule has 2 aromatic carbocycles. The summed E-state index contributed by atoms with van der Waals surface area (Å²) in [5, 5.41) is 68.1. The fourth-order valence-corrected chi connectivity index (χ4v) is 3.23. The molecule has 0 bridgehead atoms. The van der Waals surface area contributed by atoms with Gasteiger partial charge in [0.25, 0.3) is 0 Å². The lowest BCUT2D eigenvalue weighted by Gasteiger charge is -2.39. The molecule has 7 N–H and O–H groups in total. The van der Waals surface area contributed by atoms with Crippen molar-refractivity contribution in [3.05, 3.63) is 53.6 Å². The summed E-state index contributed by atoms with van der Waals surface area (Å²) in [5.41, 5.74) is 1.07. The number of rotatable bonds is 8. The molecule has 11 nitrogen and oxygen atoms in total. The van der Waals surface area contributed by atoms with E-state index in [9.17, 15) is 40.5 Å². The van der Waals surface area contributed by atoms with Crippen molar-refractivity contribution in [1.82, 2.24) is 0 Å². The first kappa shape index (κ1) is 25.3. The Morgan fingerprint density at radius 2 is 1.56 bits per heavy atom. The number of aromatic hydroxyl groups is 4. The van der Waals surface area contributed by atoms with E-state index in [2.05, 4.69) is 0 Å². The van der Waals surface area contributed by atoms with E-state index in [0.717, 1.165) is 6.08 Å². The van der Waals surface area contributed by atoms with Gasteiger partial charge in [-0.1, -0.05) is 12.1 Å². The maximum Gasteiger partial charge on any atom is 0.330 e. The first-order valence-electron chi connectivity index (χ1n) is 10.3. The van der Waals surface area contributed by atoms with Gasteiger partial charge >= 0.3 is 5.97 Å². The SMILES string of the molecule is O=C(/C=C/c1ccc(O)c(O)c1)OC[C@@H]1O[C@@H](OCCc2ccc(O)c(O)c2)[C@@H](O)[C@H](O)[C@@H]1O. The molecule has 0 radical (unpaired) electrons. The third-order valence-electron chi connectivity index (χ3n) is 5.18. The van der Waals surface area contributed by atoms with E-state index in [1.165, 1.54) is 36.4 Å². The number of esters is 1. The maximum atomic E-state index is 12.0. The normalized spacial score (nSPS) is 24.9. The van der Waals surface area contributed by atoms with Crippen molar-refractivity contribution in [2.45, 2.75) is 37.1 Å². The second-order valence-electron chi connectivity index (χ2n) is 7.67. The molecule has 0 amide bonds.